The van der Waals surface area contributed by atoms with Gasteiger partial charge in [0.25, 0.3) is 0 Å². The van der Waals surface area contributed by atoms with E-state index in [9.17, 15) is 9.59 Å². The standard InChI is InChI=1S/C15H19N5O3S2/c1-3-6-16-14-18-19-15(25-14)24-10-13(22)20(2)9-12(21)17-8-11-5-4-7-23-11/h3-5,7H,1,6,8-10H2,2H3,(H,16,18)(H,17,21). The lowest BCUT2D eigenvalue weighted by Crippen LogP contribution is -2.38. The summed E-state index contributed by atoms with van der Waals surface area (Å²) in [6.07, 6.45) is 3.27. The van der Waals surface area contributed by atoms with Crippen LogP contribution in [-0.2, 0) is 16.1 Å². The summed E-state index contributed by atoms with van der Waals surface area (Å²) < 4.78 is 5.82. The normalized spacial score (nSPS) is 10.3. The Morgan fingerprint density at radius 1 is 1.48 bits per heavy atom. The third-order valence-corrected chi connectivity index (χ3v) is 4.97. The third kappa shape index (κ3) is 6.59. The summed E-state index contributed by atoms with van der Waals surface area (Å²) in [6, 6.07) is 3.52. The number of furan rings is 1. The topological polar surface area (TPSA) is 100 Å². The molecule has 0 saturated heterocycles. The summed E-state index contributed by atoms with van der Waals surface area (Å²) in [5, 5.41) is 14.4. The minimum absolute atomic E-state index is 0.0115. The number of nitrogens with one attached hydrogen (secondary N) is 2. The highest BCUT2D eigenvalue weighted by atomic mass is 32.2. The van der Waals surface area contributed by atoms with Crippen LogP contribution in [0.4, 0.5) is 5.13 Å². The van der Waals surface area contributed by atoms with Crippen molar-refractivity contribution in [1.82, 2.24) is 20.4 Å². The molecule has 0 radical (unpaired) electrons. The number of thioether (sulfide) groups is 1. The first-order valence-corrected chi connectivity index (χ1v) is 9.23. The Balaban J connectivity index is 1.69. The highest BCUT2D eigenvalue weighted by Gasteiger charge is 2.15. The highest BCUT2D eigenvalue weighted by Crippen LogP contribution is 2.25. The van der Waals surface area contributed by atoms with Crippen molar-refractivity contribution in [3.05, 3.63) is 36.8 Å². The molecule has 0 aliphatic carbocycles. The van der Waals surface area contributed by atoms with Crippen LogP contribution >= 0.6 is 23.1 Å². The van der Waals surface area contributed by atoms with Gasteiger partial charge in [-0.3, -0.25) is 9.59 Å². The molecule has 10 heteroatoms. The molecule has 2 rings (SSSR count). The second-order valence-corrected chi connectivity index (χ2v) is 7.14. The number of carbonyl (C=O) groups excluding carboxylic acids is 2. The maximum absolute atomic E-state index is 12.1. The molecule has 0 aliphatic heterocycles. The molecule has 25 heavy (non-hydrogen) atoms. The third-order valence-electron chi connectivity index (χ3n) is 2.97. The molecular weight excluding hydrogens is 362 g/mol. The first-order chi connectivity index (χ1) is 12.1. The number of carbonyl (C=O) groups is 2. The Morgan fingerprint density at radius 3 is 3.04 bits per heavy atom. The molecule has 2 N–H and O–H groups in total. The summed E-state index contributed by atoms with van der Waals surface area (Å²) in [5.41, 5.74) is 0. The molecule has 0 fully saturated rings. The zero-order chi connectivity index (χ0) is 18.1. The van der Waals surface area contributed by atoms with Gasteiger partial charge in [0.1, 0.15) is 5.76 Å². The number of hydrogen-bond donors (Lipinski definition) is 2. The molecule has 0 bridgehead atoms. The van der Waals surface area contributed by atoms with Gasteiger partial charge in [-0.15, -0.1) is 16.8 Å². The predicted molar refractivity (Wildman–Crippen MR) is 97.5 cm³/mol. The first-order valence-electron chi connectivity index (χ1n) is 7.42. The lowest BCUT2D eigenvalue weighted by Gasteiger charge is -2.15. The first kappa shape index (κ1) is 19.0. The molecular formula is C15H19N5O3S2. The van der Waals surface area contributed by atoms with Crippen molar-refractivity contribution in [2.24, 2.45) is 0 Å². The molecule has 0 aromatic carbocycles. The number of amides is 2. The largest absolute Gasteiger partial charge is 0.467 e. The number of hydrogen-bond acceptors (Lipinski definition) is 8. The van der Waals surface area contributed by atoms with Crippen molar-refractivity contribution in [2.45, 2.75) is 10.9 Å². The average Bonchev–Trinajstić information content (AvgIpc) is 3.27. The van der Waals surface area contributed by atoms with E-state index in [1.807, 2.05) is 0 Å². The Hall–Kier alpha value is -2.33. The van der Waals surface area contributed by atoms with Gasteiger partial charge in [0.05, 0.1) is 25.1 Å². The number of aromatic nitrogens is 2. The van der Waals surface area contributed by atoms with Gasteiger partial charge in [0, 0.05) is 13.6 Å². The van der Waals surface area contributed by atoms with Gasteiger partial charge in [-0.1, -0.05) is 29.2 Å². The average molecular weight is 381 g/mol. The molecule has 134 valence electrons. The van der Waals surface area contributed by atoms with Crippen LogP contribution in [0.3, 0.4) is 0 Å². The molecule has 0 aliphatic rings. The molecule has 2 aromatic heterocycles. The van der Waals surface area contributed by atoms with Crippen molar-refractivity contribution in [2.75, 3.05) is 31.2 Å². The van der Waals surface area contributed by atoms with Crippen LogP contribution in [0.5, 0.6) is 0 Å². The van der Waals surface area contributed by atoms with E-state index in [2.05, 4.69) is 27.4 Å². The number of likely N-dealkylation sites (N-methyl/N-ethyl adjacent to an activating group) is 1. The fraction of sp³-hybridized carbons (Fsp3) is 0.333. The van der Waals surface area contributed by atoms with Gasteiger partial charge in [-0.25, -0.2) is 0 Å². The van der Waals surface area contributed by atoms with Gasteiger partial charge in [0.2, 0.25) is 16.9 Å². The van der Waals surface area contributed by atoms with Gasteiger partial charge >= 0.3 is 0 Å². The monoisotopic (exact) mass is 381 g/mol. The fourth-order valence-corrected chi connectivity index (χ4v) is 3.39. The van der Waals surface area contributed by atoms with Gasteiger partial charge in [-0.2, -0.15) is 0 Å². The SMILES string of the molecule is C=CCNc1nnc(SCC(=O)N(C)CC(=O)NCc2ccco2)s1. The molecule has 0 atom stereocenters. The maximum atomic E-state index is 12.1. The van der Waals surface area contributed by atoms with Crippen LogP contribution < -0.4 is 10.6 Å². The minimum atomic E-state index is -0.246. The Morgan fingerprint density at radius 2 is 2.32 bits per heavy atom. The van der Waals surface area contributed by atoms with E-state index >= 15 is 0 Å². The summed E-state index contributed by atoms with van der Waals surface area (Å²) >= 11 is 2.66. The minimum Gasteiger partial charge on any atom is -0.467 e. The van der Waals surface area contributed by atoms with E-state index in [-0.39, 0.29) is 24.1 Å². The zero-order valence-electron chi connectivity index (χ0n) is 13.7. The molecule has 0 spiro atoms. The number of rotatable bonds is 10. The summed E-state index contributed by atoms with van der Waals surface area (Å²) in [7, 11) is 1.59. The van der Waals surface area contributed by atoms with Crippen LogP contribution in [0.2, 0.25) is 0 Å². The van der Waals surface area contributed by atoms with Crippen LogP contribution in [0, 0.1) is 0 Å². The lowest BCUT2D eigenvalue weighted by molar-refractivity contribution is -0.132. The molecule has 0 saturated carbocycles. The molecule has 2 heterocycles. The van der Waals surface area contributed by atoms with E-state index in [0.29, 0.717) is 28.3 Å². The Labute approximate surface area is 153 Å². The summed E-state index contributed by atoms with van der Waals surface area (Å²) in [4.78, 5) is 25.3. The Kier molecular flexibility index (Phi) is 7.48. The summed E-state index contributed by atoms with van der Waals surface area (Å²) in [5.74, 6) is 0.450. The molecule has 8 nitrogen and oxygen atoms in total. The van der Waals surface area contributed by atoms with Crippen LogP contribution in [0.1, 0.15) is 5.76 Å². The summed E-state index contributed by atoms with van der Waals surface area (Å²) in [6.45, 7) is 4.51. The van der Waals surface area contributed by atoms with E-state index in [0.717, 1.165) is 0 Å². The molecule has 0 unspecified atom stereocenters. The smallest absolute Gasteiger partial charge is 0.239 e. The zero-order valence-corrected chi connectivity index (χ0v) is 15.4. The molecule has 2 aromatic rings. The van der Waals surface area contributed by atoms with Crippen LogP contribution in [-0.4, -0.2) is 52.8 Å². The van der Waals surface area contributed by atoms with E-state index < -0.39 is 0 Å². The van der Waals surface area contributed by atoms with Gasteiger partial charge in [-0.05, 0) is 12.1 Å². The van der Waals surface area contributed by atoms with E-state index in [1.165, 1.54) is 28.0 Å². The second-order valence-electron chi connectivity index (χ2n) is 4.94. The van der Waals surface area contributed by atoms with Crippen molar-refractivity contribution in [3.8, 4) is 0 Å². The van der Waals surface area contributed by atoms with E-state index in [1.54, 1.807) is 31.5 Å². The van der Waals surface area contributed by atoms with Crippen molar-refractivity contribution in [3.63, 3.8) is 0 Å². The number of anilines is 1. The second kappa shape index (κ2) is 9.84. The number of nitrogens with zero attached hydrogens (tertiary/aromatic N) is 3. The van der Waals surface area contributed by atoms with Gasteiger partial charge < -0.3 is 20.0 Å². The Bertz CT molecular complexity index is 702. The molecule has 2 amide bonds. The van der Waals surface area contributed by atoms with Crippen LogP contribution in [0.15, 0.2) is 39.8 Å². The fourth-order valence-electron chi connectivity index (χ4n) is 1.69. The lowest BCUT2D eigenvalue weighted by atomic mass is 10.4. The van der Waals surface area contributed by atoms with Crippen LogP contribution in [0.25, 0.3) is 0 Å². The highest BCUT2D eigenvalue weighted by molar-refractivity contribution is 8.01. The van der Waals surface area contributed by atoms with Gasteiger partial charge in [0.15, 0.2) is 4.34 Å². The van der Waals surface area contributed by atoms with E-state index in [4.69, 9.17) is 4.42 Å². The van der Waals surface area contributed by atoms with Crippen molar-refractivity contribution < 1.29 is 14.0 Å². The maximum Gasteiger partial charge on any atom is 0.239 e. The quantitative estimate of drug-likeness (QED) is 0.476. The predicted octanol–water partition coefficient (Wildman–Crippen LogP) is 1.60. The van der Waals surface area contributed by atoms with Crippen molar-refractivity contribution >= 4 is 40.0 Å². The van der Waals surface area contributed by atoms with Crippen molar-refractivity contribution in [1.29, 1.82) is 0 Å².